The molecule has 0 unspecified atom stereocenters. The lowest BCUT2D eigenvalue weighted by atomic mass is 9.98. The summed E-state index contributed by atoms with van der Waals surface area (Å²) in [4.78, 5) is 0. The van der Waals surface area contributed by atoms with E-state index in [2.05, 4.69) is 0 Å². The lowest BCUT2D eigenvalue weighted by molar-refractivity contribution is -0.137. The Morgan fingerprint density at radius 2 is 1.74 bits per heavy atom. The van der Waals surface area contributed by atoms with Crippen LogP contribution in [0.15, 0.2) is 42.5 Å². The number of nitrogens with zero attached hydrogens (tertiary/aromatic N) is 1. The van der Waals surface area contributed by atoms with Gasteiger partial charge in [0.1, 0.15) is 5.82 Å². The number of hydrogen-bond donors (Lipinski definition) is 0. The molecule has 0 radical (unpaired) electrons. The third-order valence-electron chi connectivity index (χ3n) is 2.60. The molecule has 0 N–H and O–H groups in total. The summed E-state index contributed by atoms with van der Waals surface area (Å²) >= 11 is 0. The van der Waals surface area contributed by atoms with E-state index >= 15 is 0 Å². The minimum atomic E-state index is -4.46. The highest BCUT2D eigenvalue weighted by Gasteiger charge is 2.30. The van der Waals surface area contributed by atoms with Gasteiger partial charge in [0.2, 0.25) is 0 Å². The molecule has 0 aliphatic rings. The van der Waals surface area contributed by atoms with Crippen molar-refractivity contribution >= 4 is 0 Å². The fourth-order valence-corrected chi connectivity index (χ4v) is 1.72. The number of nitriles is 1. The van der Waals surface area contributed by atoms with Gasteiger partial charge in [-0.1, -0.05) is 18.2 Å². The highest BCUT2D eigenvalue weighted by molar-refractivity contribution is 5.71. The normalized spacial score (nSPS) is 11.1. The summed E-state index contributed by atoms with van der Waals surface area (Å²) < 4.78 is 50.8. The van der Waals surface area contributed by atoms with Crippen LogP contribution < -0.4 is 0 Å². The molecule has 0 bridgehead atoms. The molecular formula is C14H7F4N. The molecule has 96 valence electrons. The van der Waals surface area contributed by atoms with Gasteiger partial charge in [-0.15, -0.1) is 0 Å². The molecule has 0 atom stereocenters. The van der Waals surface area contributed by atoms with E-state index in [1.807, 2.05) is 0 Å². The lowest BCUT2D eigenvalue weighted by Gasteiger charge is -2.09. The van der Waals surface area contributed by atoms with Gasteiger partial charge in [0, 0.05) is 0 Å². The Hall–Kier alpha value is -2.35. The lowest BCUT2D eigenvalue weighted by Crippen LogP contribution is -2.04. The SMILES string of the molecule is N#Cc1cc(F)ccc1-c1cccc(C(F)(F)F)c1. The van der Waals surface area contributed by atoms with Crippen LogP contribution in [0.2, 0.25) is 0 Å². The van der Waals surface area contributed by atoms with Gasteiger partial charge >= 0.3 is 6.18 Å². The first kappa shape index (κ1) is 13.1. The molecule has 0 aliphatic carbocycles. The van der Waals surface area contributed by atoms with Crippen LogP contribution in [-0.2, 0) is 6.18 Å². The molecule has 2 aromatic rings. The van der Waals surface area contributed by atoms with Gasteiger partial charge < -0.3 is 0 Å². The van der Waals surface area contributed by atoms with Crippen molar-refractivity contribution < 1.29 is 17.6 Å². The van der Waals surface area contributed by atoms with Crippen LogP contribution in [0.1, 0.15) is 11.1 Å². The van der Waals surface area contributed by atoms with Crippen molar-refractivity contribution in [3.05, 3.63) is 59.4 Å². The molecule has 0 amide bonds. The monoisotopic (exact) mass is 265 g/mol. The van der Waals surface area contributed by atoms with Gasteiger partial charge in [0.25, 0.3) is 0 Å². The van der Waals surface area contributed by atoms with Gasteiger partial charge in [-0.2, -0.15) is 18.4 Å². The zero-order valence-electron chi connectivity index (χ0n) is 9.50. The molecule has 0 aromatic heterocycles. The molecular weight excluding hydrogens is 258 g/mol. The van der Waals surface area contributed by atoms with E-state index in [0.29, 0.717) is 0 Å². The summed E-state index contributed by atoms with van der Waals surface area (Å²) in [5.74, 6) is -0.604. The number of alkyl halides is 3. The number of halogens is 4. The second-order valence-electron chi connectivity index (χ2n) is 3.88. The van der Waals surface area contributed by atoms with E-state index in [0.717, 1.165) is 24.3 Å². The largest absolute Gasteiger partial charge is 0.416 e. The van der Waals surface area contributed by atoms with Crippen molar-refractivity contribution in [3.63, 3.8) is 0 Å². The van der Waals surface area contributed by atoms with E-state index in [4.69, 9.17) is 5.26 Å². The first-order valence-electron chi connectivity index (χ1n) is 5.29. The quantitative estimate of drug-likeness (QED) is 0.702. The van der Waals surface area contributed by atoms with Crippen molar-refractivity contribution in [1.82, 2.24) is 0 Å². The van der Waals surface area contributed by atoms with Gasteiger partial charge in [-0.25, -0.2) is 4.39 Å². The Kier molecular flexibility index (Phi) is 3.26. The summed E-state index contributed by atoms with van der Waals surface area (Å²) in [7, 11) is 0. The molecule has 0 heterocycles. The van der Waals surface area contributed by atoms with Crippen LogP contribution in [0, 0.1) is 17.1 Å². The Labute approximate surface area is 106 Å². The Morgan fingerprint density at radius 1 is 1.00 bits per heavy atom. The minimum Gasteiger partial charge on any atom is -0.207 e. The summed E-state index contributed by atoms with van der Waals surface area (Å²) in [6.07, 6.45) is -4.46. The van der Waals surface area contributed by atoms with Crippen molar-refractivity contribution in [1.29, 1.82) is 5.26 Å². The molecule has 19 heavy (non-hydrogen) atoms. The Bertz CT molecular complexity index is 653. The average Bonchev–Trinajstić information content (AvgIpc) is 2.37. The topological polar surface area (TPSA) is 23.8 Å². The van der Waals surface area contributed by atoms with Gasteiger partial charge in [-0.05, 0) is 35.4 Å². The predicted molar refractivity (Wildman–Crippen MR) is 61.6 cm³/mol. The second kappa shape index (κ2) is 4.73. The van der Waals surface area contributed by atoms with E-state index in [-0.39, 0.29) is 16.7 Å². The predicted octanol–water partition coefficient (Wildman–Crippen LogP) is 4.38. The average molecular weight is 265 g/mol. The molecule has 0 saturated carbocycles. The first-order valence-corrected chi connectivity index (χ1v) is 5.29. The van der Waals surface area contributed by atoms with Crippen molar-refractivity contribution in [2.24, 2.45) is 0 Å². The molecule has 0 fully saturated rings. The van der Waals surface area contributed by atoms with Crippen LogP contribution in [0.4, 0.5) is 17.6 Å². The van der Waals surface area contributed by atoms with Crippen LogP contribution >= 0.6 is 0 Å². The number of rotatable bonds is 1. The summed E-state index contributed by atoms with van der Waals surface area (Å²) in [6.45, 7) is 0. The van der Waals surface area contributed by atoms with Gasteiger partial charge in [-0.3, -0.25) is 0 Å². The van der Waals surface area contributed by atoms with Crippen molar-refractivity contribution in [3.8, 4) is 17.2 Å². The van der Waals surface area contributed by atoms with Crippen LogP contribution in [0.3, 0.4) is 0 Å². The molecule has 0 spiro atoms. The standard InChI is InChI=1S/C14H7F4N/c15-12-4-5-13(10(7-12)8-19)9-2-1-3-11(6-9)14(16,17)18/h1-7H. The highest BCUT2D eigenvalue weighted by Crippen LogP contribution is 2.33. The van der Waals surface area contributed by atoms with Crippen LogP contribution in [0.25, 0.3) is 11.1 Å². The molecule has 2 rings (SSSR count). The molecule has 0 aliphatic heterocycles. The maximum absolute atomic E-state index is 13.0. The van der Waals surface area contributed by atoms with E-state index in [1.165, 1.54) is 18.2 Å². The van der Waals surface area contributed by atoms with Crippen LogP contribution in [0.5, 0.6) is 0 Å². The smallest absolute Gasteiger partial charge is 0.207 e. The zero-order chi connectivity index (χ0) is 14.0. The third kappa shape index (κ3) is 2.74. The van der Waals surface area contributed by atoms with Crippen molar-refractivity contribution in [2.45, 2.75) is 6.18 Å². The Balaban J connectivity index is 2.58. The Morgan fingerprint density at radius 3 is 2.37 bits per heavy atom. The number of benzene rings is 2. The highest BCUT2D eigenvalue weighted by atomic mass is 19.4. The minimum absolute atomic E-state index is 0.000625. The zero-order valence-corrected chi connectivity index (χ0v) is 9.50. The first-order chi connectivity index (χ1) is 8.91. The third-order valence-corrected chi connectivity index (χ3v) is 2.60. The fraction of sp³-hybridized carbons (Fsp3) is 0.0714. The van der Waals surface area contributed by atoms with Gasteiger partial charge in [0.15, 0.2) is 0 Å². The van der Waals surface area contributed by atoms with Gasteiger partial charge in [0.05, 0.1) is 17.2 Å². The van der Waals surface area contributed by atoms with Crippen molar-refractivity contribution in [2.75, 3.05) is 0 Å². The molecule has 2 aromatic carbocycles. The number of hydrogen-bond acceptors (Lipinski definition) is 1. The van der Waals surface area contributed by atoms with E-state index in [1.54, 1.807) is 6.07 Å². The molecule has 0 saturated heterocycles. The molecule has 5 heteroatoms. The summed E-state index contributed by atoms with van der Waals surface area (Å²) in [6, 6.07) is 9.75. The second-order valence-corrected chi connectivity index (χ2v) is 3.88. The van der Waals surface area contributed by atoms with E-state index in [9.17, 15) is 17.6 Å². The summed E-state index contributed by atoms with van der Waals surface area (Å²) in [5.41, 5.74) is -0.307. The summed E-state index contributed by atoms with van der Waals surface area (Å²) in [5, 5.41) is 8.89. The van der Waals surface area contributed by atoms with Crippen LogP contribution in [-0.4, -0.2) is 0 Å². The van der Waals surface area contributed by atoms with E-state index < -0.39 is 17.6 Å². The molecule has 1 nitrogen and oxygen atoms in total. The maximum Gasteiger partial charge on any atom is 0.416 e. The fourth-order valence-electron chi connectivity index (χ4n) is 1.72. The maximum atomic E-state index is 13.0.